The number of fused-ring (bicyclic) bond motifs is 5. The molecule has 0 fully saturated rings. The summed E-state index contributed by atoms with van der Waals surface area (Å²) in [6, 6.07) is 48.6. The van der Waals surface area contributed by atoms with E-state index in [1.54, 1.807) is 0 Å². The standard InChI is InChI=1S/C42H26N4/c1-2-11-27(12-3-1)36-22-20-29(26-45-36)39-30-14-4-6-16-32(30)40(33-17-7-5-15-31(33)39)35-25-38(37-18-8-9-23-43-37)46-42-34(35)21-19-28-13-10-24-44-41(28)42/h1-26H. The first-order valence-electron chi connectivity index (χ1n) is 15.4. The van der Waals surface area contributed by atoms with Gasteiger partial charge in [0.15, 0.2) is 0 Å². The molecular weight excluding hydrogens is 560 g/mol. The molecule has 9 aromatic rings. The first-order chi connectivity index (χ1) is 22.8. The zero-order valence-electron chi connectivity index (χ0n) is 24.8. The van der Waals surface area contributed by atoms with Crippen LogP contribution >= 0.6 is 0 Å². The van der Waals surface area contributed by atoms with Gasteiger partial charge in [-0.25, -0.2) is 4.98 Å². The molecule has 0 aliphatic heterocycles. The van der Waals surface area contributed by atoms with Crippen LogP contribution in [0, 0.1) is 0 Å². The van der Waals surface area contributed by atoms with Crippen LogP contribution < -0.4 is 0 Å². The van der Waals surface area contributed by atoms with Gasteiger partial charge >= 0.3 is 0 Å². The summed E-state index contributed by atoms with van der Waals surface area (Å²) in [5, 5.41) is 6.81. The molecular formula is C42H26N4. The van der Waals surface area contributed by atoms with Gasteiger partial charge in [-0.05, 0) is 68.6 Å². The third-order valence-corrected chi connectivity index (χ3v) is 8.80. The highest BCUT2D eigenvalue weighted by atomic mass is 14.8. The molecule has 214 valence electrons. The average Bonchev–Trinajstić information content (AvgIpc) is 3.14. The first kappa shape index (κ1) is 26.2. The van der Waals surface area contributed by atoms with Crippen LogP contribution in [-0.4, -0.2) is 19.9 Å². The van der Waals surface area contributed by atoms with E-state index in [1.165, 1.54) is 32.7 Å². The van der Waals surface area contributed by atoms with Gasteiger partial charge in [0.05, 0.1) is 28.1 Å². The Morgan fingerprint density at radius 3 is 1.76 bits per heavy atom. The highest BCUT2D eigenvalue weighted by Gasteiger charge is 2.20. The molecule has 0 N–H and O–H groups in total. The molecule has 4 heteroatoms. The quantitative estimate of drug-likeness (QED) is 0.152. The van der Waals surface area contributed by atoms with Crippen molar-refractivity contribution in [2.45, 2.75) is 0 Å². The minimum absolute atomic E-state index is 0.819. The SMILES string of the molecule is c1ccc(-c2ccc(-c3c4ccccc4c(-c4cc(-c5ccccn5)nc5c4ccc4cccnc45)c4ccccc34)cn2)cc1. The molecule has 0 aliphatic rings. The van der Waals surface area contributed by atoms with Crippen molar-refractivity contribution in [1.82, 2.24) is 19.9 Å². The van der Waals surface area contributed by atoms with E-state index >= 15 is 0 Å². The molecule has 5 aromatic carbocycles. The maximum absolute atomic E-state index is 5.18. The van der Waals surface area contributed by atoms with Crippen molar-refractivity contribution < 1.29 is 0 Å². The lowest BCUT2D eigenvalue weighted by atomic mass is 9.85. The Labute approximate surface area is 265 Å². The van der Waals surface area contributed by atoms with Crippen molar-refractivity contribution >= 4 is 43.4 Å². The molecule has 0 saturated carbocycles. The van der Waals surface area contributed by atoms with Crippen molar-refractivity contribution in [3.8, 4) is 44.9 Å². The van der Waals surface area contributed by atoms with E-state index in [1.807, 2.05) is 61.1 Å². The van der Waals surface area contributed by atoms with Crippen LogP contribution in [0.15, 0.2) is 158 Å². The number of nitrogens with zero attached hydrogens (tertiary/aromatic N) is 4. The van der Waals surface area contributed by atoms with Gasteiger partial charge in [0.1, 0.15) is 0 Å². The highest BCUT2D eigenvalue weighted by molar-refractivity contribution is 6.24. The first-order valence-corrected chi connectivity index (χ1v) is 15.4. The average molecular weight is 587 g/mol. The lowest BCUT2D eigenvalue weighted by Gasteiger charge is -2.19. The van der Waals surface area contributed by atoms with Crippen LogP contribution in [0.2, 0.25) is 0 Å². The fourth-order valence-corrected chi connectivity index (χ4v) is 6.73. The summed E-state index contributed by atoms with van der Waals surface area (Å²) in [7, 11) is 0. The van der Waals surface area contributed by atoms with Gasteiger partial charge in [0, 0.05) is 40.5 Å². The Morgan fingerprint density at radius 1 is 0.370 bits per heavy atom. The monoisotopic (exact) mass is 586 g/mol. The van der Waals surface area contributed by atoms with Gasteiger partial charge in [-0.1, -0.05) is 109 Å². The highest BCUT2D eigenvalue weighted by Crippen LogP contribution is 2.46. The molecule has 0 atom stereocenters. The van der Waals surface area contributed by atoms with E-state index in [4.69, 9.17) is 15.0 Å². The van der Waals surface area contributed by atoms with Crippen LogP contribution in [0.4, 0.5) is 0 Å². The molecule has 0 amide bonds. The molecule has 0 radical (unpaired) electrons. The molecule has 46 heavy (non-hydrogen) atoms. The molecule has 9 rings (SSSR count). The van der Waals surface area contributed by atoms with Crippen molar-refractivity contribution in [3.63, 3.8) is 0 Å². The van der Waals surface area contributed by atoms with E-state index in [-0.39, 0.29) is 0 Å². The Balaban J connectivity index is 1.37. The Kier molecular flexibility index (Phi) is 6.10. The molecule has 0 aliphatic carbocycles. The summed E-state index contributed by atoms with van der Waals surface area (Å²) < 4.78 is 0. The van der Waals surface area contributed by atoms with Gasteiger partial charge in [-0.3, -0.25) is 15.0 Å². The van der Waals surface area contributed by atoms with Crippen LogP contribution in [0.1, 0.15) is 0 Å². The summed E-state index contributed by atoms with van der Waals surface area (Å²) in [6.45, 7) is 0. The zero-order chi connectivity index (χ0) is 30.5. The predicted molar refractivity (Wildman–Crippen MR) is 189 cm³/mol. The van der Waals surface area contributed by atoms with E-state index in [2.05, 4.69) is 102 Å². The molecule has 4 aromatic heterocycles. The molecule has 0 unspecified atom stereocenters. The fourth-order valence-electron chi connectivity index (χ4n) is 6.73. The number of benzene rings is 5. The van der Waals surface area contributed by atoms with E-state index in [0.717, 1.165) is 55.6 Å². The number of aromatic nitrogens is 4. The number of pyridine rings is 4. The maximum atomic E-state index is 5.18. The van der Waals surface area contributed by atoms with Gasteiger partial charge in [0.25, 0.3) is 0 Å². The molecule has 4 nitrogen and oxygen atoms in total. The van der Waals surface area contributed by atoms with Gasteiger partial charge in [-0.2, -0.15) is 0 Å². The molecule has 0 saturated heterocycles. The minimum atomic E-state index is 0.819. The van der Waals surface area contributed by atoms with E-state index in [0.29, 0.717) is 0 Å². The second-order valence-electron chi connectivity index (χ2n) is 11.4. The number of hydrogen-bond acceptors (Lipinski definition) is 4. The minimum Gasteiger partial charge on any atom is -0.256 e. The van der Waals surface area contributed by atoms with Gasteiger partial charge < -0.3 is 0 Å². The van der Waals surface area contributed by atoms with Gasteiger partial charge in [0.2, 0.25) is 0 Å². The zero-order valence-corrected chi connectivity index (χ0v) is 24.8. The van der Waals surface area contributed by atoms with E-state index in [9.17, 15) is 0 Å². The molecule has 4 heterocycles. The topological polar surface area (TPSA) is 51.6 Å². The van der Waals surface area contributed by atoms with E-state index < -0.39 is 0 Å². The summed E-state index contributed by atoms with van der Waals surface area (Å²) in [5.74, 6) is 0. The largest absolute Gasteiger partial charge is 0.256 e. The second kappa shape index (κ2) is 10.7. The third-order valence-electron chi connectivity index (χ3n) is 8.80. The fraction of sp³-hybridized carbons (Fsp3) is 0. The lowest BCUT2D eigenvalue weighted by Crippen LogP contribution is -1.96. The van der Waals surface area contributed by atoms with Crippen LogP contribution in [0.5, 0.6) is 0 Å². The number of hydrogen-bond donors (Lipinski definition) is 0. The van der Waals surface area contributed by atoms with Crippen molar-refractivity contribution in [2.75, 3.05) is 0 Å². The van der Waals surface area contributed by atoms with Crippen LogP contribution in [0.25, 0.3) is 88.2 Å². The lowest BCUT2D eigenvalue weighted by molar-refractivity contribution is 1.28. The maximum Gasteiger partial charge on any atom is 0.0979 e. The summed E-state index contributed by atoms with van der Waals surface area (Å²) in [5.41, 5.74) is 10.0. The third kappa shape index (κ3) is 4.23. The normalized spacial score (nSPS) is 11.5. The summed E-state index contributed by atoms with van der Waals surface area (Å²) in [4.78, 5) is 19.6. The van der Waals surface area contributed by atoms with Crippen LogP contribution in [0.3, 0.4) is 0 Å². The summed E-state index contributed by atoms with van der Waals surface area (Å²) in [6.07, 6.45) is 5.67. The van der Waals surface area contributed by atoms with Crippen LogP contribution in [-0.2, 0) is 0 Å². The Hall–Kier alpha value is -6.26. The smallest absolute Gasteiger partial charge is 0.0979 e. The van der Waals surface area contributed by atoms with Crippen molar-refractivity contribution in [2.24, 2.45) is 0 Å². The second-order valence-corrected chi connectivity index (χ2v) is 11.4. The summed E-state index contributed by atoms with van der Waals surface area (Å²) >= 11 is 0. The molecule has 0 bridgehead atoms. The number of rotatable bonds is 4. The van der Waals surface area contributed by atoms with Crippen molar-refractivity contribution in [1.29, 1.82) is 0 Å². The predicted octanol–water partition coefficient (Wildman–Crippen LogP) is 10.5. The Morgan fingerprint density at radius 2 is 1.07 bits per heavy atom. The Bertz CT molecular complexity index is 2500. The van der Waals surface area contributed by atoms with Gasteiger partial charge in [-0.15, -0.1) is 0 Å². The van der Waals surface area contributed by atoms with Crippen molar-refractivity contribution in [3.05, 3.63) is 158 Å². The molecule has 0 spiro atoms.